The molecule has 4 rings (SSSR count). The summed E-state index contributed by atoms with van der Waals surface area (Å²) >= 11 is 0. The number of rotatable bonds is 12. The summed E-state index contributed by atoms with van der Waals surface area (Å²) in [5.41, 5.74) is -0.191. The summed E-state index contributed by atoms with van der Waals surface area (Å²) in [6.07, 6.45) is 7.35. The summed E-state index contributed by atoms with van der Waals surface area (Å²) < 4.78 is 33.1. The number of nitrogens with one attached hydrogen (secondary N) is 1. The third kappa shape index (κ3) is 7.20. The van der Waals surface area contributed by atoms with Crippen LogP contribution in [0.4, 0.5) is 0 Å². The fourth-order valence-corrected chi connectivity index (χ4v) is 10.8. The van der Waals surface area contributed by atoms with Crippen molar-refractivity contribution < 1.29 is 37.6 Å². The minimum Gasteiger partial charge on any atom is -0.748 e. The van der Waals surface area contributed by atoms with E-state index >= 15 is 0 Å². The molecule has 0 bridgehead atoms. The van der Waals surface area contributed by atoms with Crippen molar-refractivity contribution in [1.82, 2.24) is 5.32 Å². The first-order chi connectivity index (χ1) is 19.5. The van der Waals surface area contributed by atoms with Crippen LogP contribution in [-0.2, 0) is 14.9 Å². The highest BCUT2D eigenvalue weighted by Gasteiger charge is 2.65. The molecule has 244 valence electrons. The molecule has 4 aliphatic carbocycles. The van der Waals surface area contributed by atoms with Crippen LogP contribution < -0.4 is 5.32 Å². The van der Waals surface area contributed by atoms with Crippen LogP contribution in [0, 0.1) is 46.3 Å². The third-order valence-electron chi connectivity index (χ3n) is 12.8. The first kappa shape index (κ1) is 34.1. The minimum absolute atomic E-state index is 0.0368. The van der Waals surface area contributed by atoms with Crippen LogP contribution in [0.1, 0.15) is 91.4 Å². The zero-order valence-electron chi connectivity index (χ0n) is 26.6. The lowest BCUT2D eigenvalue weighted by Crippen LogP contribution is -2.62. The second-order valence-corrected chi connectivity index (χ2v) is 17.3. The van der Waals surface area contributed by atoms with Crippen LogP contribution in [0.15, 0.2) is 0 Å². The van der Waals surface area contributed by atoms with Gasteiger partial charge in [-0.15, -0.1) is 0 Å². The molecule has 0 aromatic carbocycles. The highest BCUT2D eigenvalue weighted by molar-refractivity contribution is 7.85. The van der Waals surface area contributed by atoms with Gasteiger partial charge in [-0.2, -0.15) is 0 Å². The molecule has 0 radical (unpaired) electrons. The van der Waals surface area contributed by atoms with E-state index in [-0.39, 0.29) is 52.5 Å². The third-order valence-corrected chi connectivity index (χ3v) is 13.6. The molecule has 10 heteroatoms. The monoisotopic (exact) mass is 614 g/mol. The zero-order valence-corrected chi connectivity index (χ0v) is 27.4. The highest BCUT2D eigenvalue weighted by atomic mass is 32.2. The van der Waals surface area contributed by atoms with Gasteiger partial charge < -0.3 is 29.7 Å². The van der Waals surface area contributed by atoms with Crippen molar-refractivity contribution in [2.45, 2.75) is 110 Å². The summed E-state index contributed by atoms with van der Waals surface area (Å²) in [5.74, 6) is 1.38. The molecule has 0 heterocycles. The van der Waals surface area contributed by atoms with Crippen molar-refractivity contribution in [2.75, 3.05) is 39.5 Å². The van der Waals surface area contributed by atoms with Gasteiger partial charge in [0.1, 0.15) is 0 Å². The van der Waals surface area contributed by atoms with E-state index < -0.39 is 16.2 Å². The van der Waals surface area contributed by atoms with Gasteiger partial charge in [0, 0.05) is 31.6 Å². The van der Waals surface area contributed by atoms with Crippen molar-refractivity contribution in [3.05, 3.63) is 0 Å². The van der Waals surface area contributed by atoms with Crippen molar-refractivity contribution >= 4 is 16.0 Å². The van der Waals surface area contributed by atoms with Gasteiger partial charge >= 0.3 is 0 Å². The van der Waals surface area contributed by atoms with Crippen molar-refractivity contribution in [1.29, 1.82) is 0 Å². The Labute approximate surface area is 254 Å². The number of aliphatic hydroxyl groups is 3. The van der Waals surface area contributed by atoms with Crippen LogP contribution in [-0.4, -0.2) is 96.5 Å². The fraction of sp³-hybridized carbons (Fsp3) is 0.969. The van der Waals surface area contributed by atoms with Crippen LogP contribution in [0.25, 0.3) is 0 Å². The number of amides is 1. The molecule has 9 nitrogen and oxygen atoms in total. The van der Waals surface area contributed by atoms with Crippen LogP contribution >= 0.6 is 0 Å². The Balaban J connectivity index is 1.27. The average molecular weight is 615 g/mol. The largest absolute Gasteiger partial charge is 0.748 e. The number of aliphatic hydroxyl groups excluding tert-OH is 3. The molecule has 4 N–H and O–H groups in total. The van der Waals surface area contributed by atoms with Gasteiger partial charge in [-0.25, -0.2) is 8.42 Å². The van der Waals surface area contributed by atoms with Crippen molar-refractivity contribution in [3.63, 3.8) is 0 Å². The number of nitrogens with zero attached hydrogens (tertiary/aromatic N) is 1. The molecule has 1 amide bonds. The molecule has 11 atom stereocenters. The number of carbonyl (C=O) groups is 1. The molecule has 3 unspecified atom stereocenters. The quantitative estimate of drug-likeness (QED) is 0.150. The first-order valence-electron chi connectivity index (χ1n) is 16.5. The predicted molar refractivity (Wildman–Crippen MR) is 161 cm³/mol. The van der Waals surface area contributed by atoms with Gasteiger partial charge in [-0.3, -0.25) is 4.79 Å². The van der Waals surface area contributed by atoms with E-state index in [2.05, 4.69) is 26.1 Å². The van der Waals surface area contributed by atoms with E-state index in [1.165, 1.54) is 0 Å². The minimum atomic E-state index is -4.18. The van der Waals surface area contributed by atoms with Crippen LogP contribution in [0.2, 0.25) is 0 Å². The summed E-state index contributed by atoms with van der Waals surface area (Å²) in [5, 5.41) is 36.6. The summed E-state index contributed by atoms with van der Waals surface area (Å²) in [7, 11) is -0.177. The molecule has 4 fully saturated rings. The molecular formula is C32H58N2O7S. The van der Waals surface area contributed by atoms with Crippen molar-refractivity contribution in [3.8, 4) is 0 Å². The summed E-state index contributed by atoms with van der Waals surface area (Å²) in [4.78, 5) is 12.7. The number of carbonyl (C=O) groups excluding carboxylic acids is 1. The van der Waals surface area contributed by atoms with E-state index in [4.69, 9.17) is 0 Å². The zero-order chi connectivity index (χ0) is 31.1. The lowest BCUT2D eigenvalue weighted by Gasteiger charge is -2.63. The van der Waals surface area contributed by atoms with Gasteiger partial charge in [0.15, 0.2) is 0 Å². The second-order valence-electron chi connectivity index (χ2n) is 15.7. The lowest BCUT2D eigenvalue weighted by molar-refractivity contribution is -0.890. The van der Waals surface area contributed by atoms with Gasteiger partial charge in [0.2, 0.25) is 5.91 Å². The molecular weight excluding hydrogens is 556 g/mol. The molecule has 0 saturated heterocycles. The fourth-order valence-electron chi connectivity index (χ4n) is 10.3. The number of hydrogen-bond donors (Lipinski definition) is 4. The lowest BCUT2D eigenvalue weighted by atomic mass is 9.43. The first-order valence-corrected chi connectivity index (χ1v) is 18.1. The Morgan fingerprint density at radius 3 is 2.40 bits per heavy atom. The SMILES string of the molecule is C[C@H](CCC(=O)NCCC[N+](C)(C)CCCS(=O)(=O)[O-])C1CC[C@H]2C3C(O)C[C@@H]4C[C@H](O)CC[C@]4(C)[C@H]3C[C@H](O)[C@]12C. The summed E-state index contributed by atoms with van der Waals surface area (Å²) in [6, 6.07) is 0. The smallest absolute Gasteiger partial charge is 0.220 e. The number of hydrogen-bond acceptors (Lipinski definition) is 7. The molecule has 42 heavy (non-hydrogen) atoms. The standard InChI is InChI=1S/C32H58N2O7S/c1-21(8-11-29(38)33-14-6-15-34(4,5)16-7-17-42(39,40)41)24-9-10-25-30-26(20-28(37)32(24,25)3)31(2)13-12-23(35)18-22(31)19-27(30)36/h21-28,30,35-37H,6-20H2,1-5H3,(H-,33,38,39,40,41)/t21-,22+,23-,24?,25+,26+,27?,28+,30?,31+,32-/m1/s1. The van der Waals surface area contributed by atoms with E-state index in [1.807, 2.05) is 14.1 Å². The van der Waals surface area contributed by atoms with Gasteiger partial charge in [-0.05, 0) is 97.7 Å². The molecule has 0 aliphatic heterocycles. The predicted octanol–water partition coefficient (Wildman–Crippen LogP) is 2.88. The van der Waals surface area contributed by atoms with Crippen LogP contribution in [0.5, 0.6) is 0 Å². The maximum absolute atomic E-state index is 12.7. The summed E-state index contributed by atoms with van der Waals surface area (Å²) in [6.45, 7) is 8.78. The number of fused-ring (bicyclic) bond motifs is 5. The Bertz CT molecular complexity index is 1050. The molecule has 0 aromatic heterocycles. The molecule has 0 aromatic rings. The second kappa shape index (κ2) is 12.9. The van der Waals surface area contributed by atoms with Gasteiger partial charge in [0.05, 0.1) is 55.6 Å². The van der Waals surface area contributed by atoms with Gasteiger partial charge in [0.25, 0.3) is 0 Å². The Hall–Kier alpha value is -0.780. The Kier molecular flexibility index (Phi) is 10.5. The van der Waals surface area contributed by atoms with Gasteiger partial charge in [-0.1, -0.05) is 20.8 Å². The van der Waals surface area contributed by atoms with E-state index in [1.54, 1.807) is 0 Å². The topological polar surface area (TPSA) is 147 Å². The molecule has 4 aliphatic rings. The number of quaternary nitrogens is 1. The van der Waals surface area contributed by atoms with Crippen molar-refractivity contribution in [2.24, 2.45) is 46.3 Å². The maximum Gasteiger partial charge on any atom is 0.220 e. The van der Waals surface area contributed by atoms with E-state index in [0.717, 1.165) is 64.3 Å². The normalized spacial score (nSPS) is 41.0. The maximum atomic E-state index is 12.7. The van der Waals surface area contributed by atoms with Crippen LogP contribution in [0.3, 0.4) is 0 Å². The van der Waals surface area contributed by atoms with E-state index in [0.29, 0.717) is 48.2 Å². The molecule has 4 saturated carbocycles. The molecule has 0 spiro atoms. The van der Waals surface area contributed by atoms with E-state index in [9.17, 15) is 33.1 Å². The highest BCUT2D eigenvalue weighted by Crippen LogP contribution is 2.68. The average Bonchev–Trinajstić information content (AvgIpc) is 3.24. The Morgan fingerprint density at radius 2 is 1.71 bits per heavy atom. The Morgan fingerprint density at radius 1 is 1.02 bits per heavy atom.